The van der Waals surface area contributed by atoms with Gasteiger partial charge in [-0.15, -0.1) is 0 Å². The van der Waals surface area contributed by atoms with Crippen LogP contribution in [0.25, 0.3) is 0 Å². The number of nitrogens with zero attached hydrogens (tertiary/aromatic N) is 1. The molecule has 2 N–H and O–H groups in total. The molecule has 0 bridgehead atoms. The third kappa shape index (κ3) is 4.38. The number of amides is 2. The van der Waals surface area contributed by atoms with Crippen LogP contribution < -0.4 is 10.6 Å². The Kier molecular flexibility index (Phi) is 6.15. The Morgan fingerprint density at radius 1 is 1.10 bits per heavy atom. The first-order valence-electron chi connectivity index (χ1n) is 11.3. The van der Waals surface area contributed by atoms with Crippen LogP contribution in [0, 0.1) is 11.3 Å². The van der Waals surface area contributed by atoms with Crippen LogP contribution in [0.4, 0.5) is 0 Å². The van der Waals surface area contributed by atoms with E-state index in [2.05, 4.69) is 58.0 Å². The molecule has 0 aromatic heterocycles. The quantitative estimate of drug-likeness (QED) is 0.780. The van der Waals surface area contributed by atoms with Gasteiger partial charge in [0, 0.05) is 38.0 Å². The van der Waals surface area contributed by atoms with E-state index < -0.39 is 0 Å². The number of hydrogen-bond acceptors (Lipinski definition) is 3. The topological polar surface area (TPSA) is 61.4 Å². The van der Waals surface area contributed by atoms with Gasteiger partial charge in [-0.25, -0.2) is 0 Å². The first-order valence-corrected chi connectivity index (χ1v) is 11.3. The number of benzene rings is 2. The predicted molar refractivity (Wildman–Crippen MR) is 122 cm³/mol. The molecule has 1 aliphatic heterocycles. The molecule has 5 heteroatoms. The Hall–Kier alpha value is -2.66. The zero-order valence-corrected chi connectivity index (χ0v) is 18.7. The van der Waals surface area contributed by atoms with Gasteiger partial charge in [0.05, 0.1) is 12.0 Å². The molecule has 1 spiro atoms. The van der Waals surface area contributed by atoms with E-state index in [1.807, 2.05) is 26.0 Å². The second-order valence-electron chi connectivity index (χ2n) is 9.44. The number of fused-ring (bicyclic) bond motifs is 1. The van der Waals surface area contributed by atoms with Gasteiger partial charge in [-0.3, -0.25) is 14.5 Å². The highest BCUT2D eigenvalue weighted by molar-refractivity contribution is 5.81. The highest BCUT2D eigenvalue weighted by Gasteiger charge is 2.56. The minimum atomic E-state index is -0.326. The van der Waals surface area contributed by atoms with Crippen molar-refractivity contribution in [1.82, 2.24) is 15.5 Å². The van der Waals surface area contributed by atoms with Gasteiger partial charge >= 0.3 is 0 Å². The molecule has 4 rings (SSSR count). The Morgan fingerprint density at radius 3 is 2.52 bits per heavy atom. The van der Waals surface area contributed by atoms with E-state index in [4.69, 9.17) is 0 Å². The van der Waals surface area contributed by atoms with Crippen molar-refractivity contribution in [3.63, 3.8) is 0 Å². The molecule has 0 radical (unpaired) electrons. The van der Waals surface area contributed by atoms with Gasteiger partial charge in [-0.1, -0.05) is 54.6 Å². The second kappa shape index (κ2) is 8.83. The third-order valence-electron chi connectivity index (χ3n) is 6.80. The van der Waals surface area contributed by atoms with Crippen LogP contribution in [-0.2, 0) is 22.6 Å². The Balaban J connectivity index is 1.73. The van der Waals surface area contributed by atoms with Crippen LogP contribution in [0.2, 0.25) is 0 Å². The van der Waals surface area contributed by atoms with Crippen molar-refractivity contribution in [1.29, 1.82) is 0 Å². The normalized spacial score (nSPS) is 25.4. The molecule has 2 amide bonds. The zero-order chi connectivity index (χ0) is 22.0. The van der Waals surface area contributed by atoms with Gasteiger partial charge in [-0.05, 0) is 43.4 Å². The number of aryl methyl sites for hydroxylation is 1. The summed E-state index contributed by atoms with van der Waals surface area (Å²) in [6.45, 7) is 7.88. The smallest absolute Gasteiger partial charge is 0.225 e. The maximum absolute atomic E-state index is 13.4. The fourth-order valence-corrected chi connectivity index (χ4v) is 5.56. The number of hydrogen-bond donors (Lipinski definition) is 2. The molecule has 1 aliphatic carbocycles. The zero-order valence-electron chi connectivity index (χ0n) is 18.7. The number of likely N-dealkylation sites (tertiary alicyclic amines) is 1. The maximum Gasteiger partial charge on any atom is 0.225 e. The first-order chi connectivity index (χ1) is 14.9. The lowest BCUT2D eigenvalue weighted by Crippen LogP contribution is -2.52. The van der Waals surface area contributed by atoms with Crippen molar-refractivity contribution in [3.05, 3.63) is 71.3 Å². The lowest BCUT2D eigenvalue weighted by atomic mass is 9.62. The summed E-state index contributed by atoms with van der Waals surface area (Å²) in [6, 6.07) is 18.7. The molecular formula is C26H33N3O2. The number of carbonyl (C=O) groups excluding carboxylic acids is 2. The van der Waals surface area contributed by atoms with Crippen molar-refractivity contribution in [3.8, 4) is 0 Å². The molecule has 31 heavy (non-hydrogen) atoms. The fourth-order valence-electron chi connectivity index (χ4n) is 5.56. The Labute approximate surface area is 185 Å². The molecule has 2 aromatic carbocycles. The Bertz CT molecular complexity index is 943. The lowest BCUT2D eigenvalue weighted by Gasteiger charge is -2.46. The van der Waals surface area contributed by atoms with Crippen molar-refractivity contribution >= 4 is 11.8 Å². The van der Waals surface area contributed by atoms with E-state index in [0.717, 1.165) is 31.5 Å². The van der Waals surface area contributed by atoms with Gasteiger partial charge in [-0.2, -0.15) is 0 Å². The largest absolute Gasteiger partial charge is 0.354 e. The SMILES string of the molecule is CC(=O)N[C@@H]1c2ccccc2CC[C@@]12CN(Cc1ccccc1)C[C@H]2C(=O)NC(C)C. The summed E-state index contributed by atoms with van der Waals surface area (Å²) in [5.74, 6) is -0.130. The van der Waals surface area contributed by atoms with Crippen molar-refractivity contribution in [2.75, 3.05) is 13.1 Å². The van der Waals surface area contributed by atoms with Crippen LogP contribution in [0.5, 0.6) is 0 Å². The number of rotatable bonds is 5. The van der Waals surface area contributed by atoms with Crippen molar-refractivity contribution in [2.24, 2.45) is 11.3 Å². The monoisotopic (exact) mass is 419 g/mol. The molecule has 164 valence electrons. The molecule has 2 aromatic rings. The van der Waals surface area contributed by atoms with Gasteiger partial charge in [0.2, 0.25) is 11.8 Å². The van der Waals surface area contributed by atoms with E-state index in [9.17, 15) is 9.59 Å². The maximum atomic E-state index is 13.4. The molecule has 0 unspecified atom stereocenters. The second-order valence-corrected chi connectivity index (χ2v) is 9.44. The summed E-state index contributed by atoms with van der Waals surface area (Å²) >= 11 is 0. The molecule has 2 aliphatic rings. The van der Waals surface area contributed by atoms with E-state index >= 15 is 0 Å². The number of nitrogens with one attached hydrogen (secondary N) is 2. The van der Waals surface area contributed by atoms with E-state index in [-0.39, 0.29) is 35.2 Å². The van der Waals surface area contributed by atoms with Gasteiger partial charge in [0.1, 0.15) is 0 Å². The lowest BCUT2D eigenvalue weighted by molar-refractivity contribution is -0.131. The summed E-state index contributed by atoms with van der Waals surface area (Å²) in [7, 11) is 0. The van der Waals surface area contributed by atoms with Crippen molar-refractivity contribution in [2.45, 2.75) is 52.2 Å². The molecule has 1 fully saturated rings. The average Bonchev–Trinajstić information content (AvgIpc) is 3.09. The molecular weight excluding hydrogens is 386 g/mol. The molecule has 1 heterocycles. The molecule has 0 saturated carbocycles. The molecule has 5 nitrogen and oxygen atoms in total. The minimum Gasteiger partial charge on any atom is -0.354 e. The van der Waals surface area contributed by atoms with Gasteiger partial charge in [0.15, 0.2) is 0 Å². The van der Waals surface area contributed by atoms with Crippen LogP contribution >= 0.6 is 0 Å². The summed E-state index contributed by atoms with van der Waals surface area (Å²) in [5, 5.41) is 6.41. The predicted octanol–water partition coefficient (Wildman–Crippen LogP) is 3.45. The first kappa shape index (κ1) is 21.6. The Morgan fingerprint density at radius 2 is 1.81 bits per heavy atom. The van der Waals surface area contributed by atoms with Crippen LogP contribution in [0.15, 0.2) is 54.6 Å². The van der Waals surface area contributed by atoms with E-state index in [1.54, 1.807) is 6.92 Å². The number of carbonyl (C=O) groups is 2. The average molecular weight is 420 g/mol. The summed E-state index contributed by atoms with van der Waals surface area (Å²) < 4.78 is 0. The standard InChI is InChI=1S/C26H33N3O2/c1-18(2)27-25(31)23-16-29(15-20-9-5-4-6-10-20)17-26(23)14-13-21-11-7-8-12-22(21)24(26)28-19(3)30/h4-12,18,23-24H,13-17H2,1-3H3,(H,27,31)(H,28,30)/t23-,24+,26-/m0/s1. The van der Waals surface area contributed by atoms with Gasteiger partial charge < -0.3 is 10.6 Å². The van der Waals surface area contributed by atoms with Crippen LogP contribution in [-0.4, -0.2) is 35.8 Å². The van der Waals surface area contributed by atoms with E-state index in [0.29, 0.717) is 6.54 Å². The summed E-state index contributed by atoms with van der Waals surface area (Å²) in [4.78, 5) is 28.1. The molecule has 1 saturated heterocycles. The minimum absolute atomic E-state index is 0.0504. The summed E-state index contributed by atoms with van der Waals surface area (Å²) in [5.41, 5.74) is 3.35. The highest BCUT2D eigenvalue weighted by atomic mass is 16.2. The van der Waals surface area contributed by atoms with Crippen molar-refractivity contribution < 1.29 is 9.59 Å². The molecule has 3 atom stereocenters. The summed E-state index contributed by atoms with van der Waals surface area (Å²) in [6.07, 6.45) is 1.81. The van der Waals surface area contributed by atoms with Crippen LogP contribution in [0.3, 0.4) is 0 Å². The third-order valence-corrected chi connectivity index (χ3v) is 6.80. The van der Waals surface area contributed by atoms with Gasteiger partial charge in [0.25, 0.3) is 0 Å². The highest BCUT2D eigenvalue weighted by Crippen LogP contribution is 2.53. The van der Waals surface area contributed by atoms with E-state index in [1.165, 1.54) is 11.1 Å². The fraction of sp³-hybridized carbons (Fsp3) is 0.462. The van der Waals surface area contributed by atoms with Crippen LogP contribution in [0.1, 0.15) is 49.9 Å².